The first-order chi connectivity index (χ1) is 22.5. The van der Waals surface area contributed by atoms with Crippen LogP contribution in [0.3, 0.4) is 0 Å². The predicted octanol–water partition coefficient (Wildman–Crippen LogP) is 6.02. The third-order valence-electron chi connectivity index (χ3n) is 9.91. The molecule has 8 nitrogen and oxygen atoms in total. The summed E-state index contributed by atoms with van der Waals surface area (Å²) in [6.07, 6.45) is 4.50. The molecule has 6 rings (SSSR count). The van der Waals surface area contributed by atoms with Gasteiger partial charge in [0, 0.05) is 43.7 Å². The zero-order chi connectivity index (χ0) is 31.9. The first kappa shape index (κ1) is 32.7. The molecule has 0 bridgehead atoms. The summed E-state index contributed by atoms with van der Waals surface area (Å²) < 4.78 is 13.7. The number of aliphatic hydroxyl groups is 1. The van der Waals surface area contributed by atoms with Gasteiger partial charge in [-0.1, -0.05) is 67.6 Å². The number of carbonyl (C=O) groups excluding carboxylic acids is 1. The van der Waals surface area contributed by atoms with Gasteiger partial charge in [-0.05, 0) is 92.2 Å². The molecular weight excluding hydrogens is 576 g/mol. The number of hydrogen-bond donors (Lipinski definition) is 3. The molecule has 246 valence electrons. The SMILES string of the molecule is CCNC(=O)NCc1cccc(-c2cccc(C3OC(CN4CCCC4CN4CCCC4)C(C)C(c4ccc(CO)cc4)O3)c2)c1. The van der Waals surface area contributed by atoms with Crippen LogP contribution in [0.1, 0.15) is 74.2 Å². The molecule has 3 aromatic rings. The Hall–Kier alpha value is -3.27. The lowest BCUT2D eigenvalue weighted by Crippen LogP contribution is -2.48. The van der Waals surface area contributed by atoms with Crippen molar-refractivity contribution in [2.45, 2.75) is 77.2 Å². The van der Waals surface area contributed by atoms with Crippen molar-refractivity contribution in [3.63, 3.8) is 0 Å². The smallest absolute Gasteiger partial charge is 0.315 e. The molecule has 46 heavy (non-hydrogen) atoms. The molecule has 3 aliphatic rings. The van der Waals surface area contributed by atoms with Gasteiger partial charge in [0.15, 0.2) is 6.29 Å². The molecule has 3 fully saturated rings. The quantitative estimate of drug-likeness (QED) is 0.242. The number of aliphatic hydroxyl groups excluding tert-OH is 1. The molecule has 3 aliphatic heterocycles. The fourth-order valence-corrected chi connectivity index (χ4v) is 7.30. The van der Waals surface area contributed by atoms with Crippen molar-refractivity contribution in [1.82, 2.24) is 20.4 Å². The number of rotatable bonds is 11. The Morgan fingerprint density at radius 3 is 2.37 bits per heavy atom. The number of urea groups is 1. The van der Waals surface area contributed by atoms with Gasteiger partial charge in [-0.25, -0.2) is 4.79 Å². The molecule has 3 heterocycles. The first-order valence-electron chi connectivity index (χ1n) is 17.2. The molecule has 3 N–H and O–H groups in total. The molecule has 5 unspecified atom stereocenters. The fourth-order valence-electron chi connectivity index (χ4n) is 7.30. The summed E-state index contributed by atoms with van der Waals surface area (Å²) in [7, 11) is 0. The van der Waals surface area contributed by atoms with E-state index in [1.165, 1.54) is 38.8 Å². The van der Waals surface area contributed by atoms with Crippen LogP contribution in [0.4, 0.5) is 4.79 Å². The van der Waals surface area contributed by atoms with Crippen molar-refractivity contribution in [2.75, 3.05) is 39.3 Å². The van der Waals surface area contributed by atoms with Crippen LogP contribution in [0.2, 0.25) is 0 Å². The summed E-state index contributed by atoms with van der Waals surface area (Å²) in [4.78, 5) is 17.3. The van der Waals surface area contributed by atoms with Crippen LogP contribution in [0, 0.1) is 5.92 Å². The average Bonchev–Trinajstić information content (AvgIpc) is 3.77. The number of nitrogens with one attached hydrogen (secondary N) is 2. The standard InChI is InChI=1S/C38H50N4O4/c1-3-39-38(44)40-23-29-9-6-10-31(21-29)32-11-7-12-33(22-32)37-45-35(25-42-20-8-13-34(42)24-41-18-4-5-19-41)27(2)36(46-37)30-16-14-28(26-43)15-17-30/h6-7,9-12,14-17,21-22,27,34-37,43H,3-5,8,13,18-20,23-26H2,1-2H3,(H2,39,40,44). The Bertz CT molecular complexity index is 1430. The van der Waals surface area contributed by atoms with E-state index in [4.69, 9.17) is 9.47 Å². The van der Waals surface area contributed by atoms with Gasteiger partial charge in [-0.2, -0.15) is 0 Å². The largest absolute Gasteiger partial charge is 0.392 e. The molecule has 0 saturated carbocycles. The number of benzene rings is 3. The first-order valence-corrected chi connectivity index (χ1v) is 17.2. The lowest BCUT2D eigenvalue weighted by Gasteiger charge is -2.43. The summed E-state index contributed by atoms with van der Waals surface area (Å²) in [5, 5.41) is 15.3. The van der Waals surface area contributed by atoms with Crippen LogP contribution in [0.5, 0.6) is 0 Å². The number of ether oxygens (including phenoxy) is 2. The van der Waals surface area contributed by atoms with Crippen molar-refractivity contribution in [3.8, 4) is 11.1 Å². The average molecular weight is 627 g/mol. The number of carbonyl (C=O) groups is 1. The molecule has 0 radical (unpaired) electrons. The molecule has 5 atom stereocenters. The highest BCUT2D eigenvalue weighted by Crippen LogP contribution is 2.43. The second-order valence-corrected chi connectivity index (χ2v) is 13.2. The number of amides is 2. The zero-order valence-corrected chi connectivity index (χ0v) is 27.4. The van der Waals surface area contributed by atoms with Gasteiger partial charge in [0.1, 0.15) is 0 Å². The van der Waals surface area contributed by atoms with Crippen molar-refractivity contribution in [2.24, 2.45) is 5.92 Å². The molecule has 0 aromatic heterocycles. The van der Waals surface area contributed by atoms with E-state index in [2.05, 4.69) is 75.9 Å². The summed E-state index contributed by atoms with van der Waals surface area (Å²) >= 11 is 0. The Morgan fingerprint density at radius 2 is 1.61 bits per heavy atom. The van der Waals surface area contributed by atoms with Gasteiger partial charge < -0.3 is 30.1 Å². The van der Waals surface area contributed by atoms with Crippen molar-refractivity contribution in [1.29, 1.82) is 0 Å². The van der Waals surface area contributed by atoms with Crippen LogP contribution in [-0.4, -0.2) is 72.4 Å². The van der Waals surface area contributed by atoms with Gasteiger partial charge in [0.2, 0.25) is 0 Å². The summed E-state index contributed by atoms with van der Waals surface area (Å²) in [6, 6.07) is 25.3. The van der Waals surface area contributed by atoms with E-state index in [0.29, 0.717) is 19.1 Å². The fraction of sp³-hybridized carbons (Fsp3) is 0.500. The maximum absolute atomic E-state index is 11.9. The van der Waals surface area contributed by atoms with Gasteiger partial charge in [-0.3, -0.25) is 4.90 Å². The molecule has 3 aromatic carbocycles. The minimum Gasteiger partial charge on any atom is -0.392 e. The van der Waals surface area contributed by atoms with Gasteiger partial charge in [-0.15, -0.1) is 0 Å². The Kier molecular flexibility index (Phi) is 11.0. The topological polar surface area (TPSA) is 86.3 Å². The van der Waals surface area contributed by atoms with Crippen molar-refractivity contribution >= 4 is 6.03 Å². The van der Waals surface area contributed by atoms with Crippen molar-refractivity contribution in [3.05, 3.63) is 95.1 Å². The van der Waals surface area contributed by atoms with Crippen LogP contribution in [-0.2, 0) is 22.6 Å². The summed E-state index contributed by atoms with van der Waals surface area (Å²) in [5.41, 5.74) is 6.20. The second kappa shape index (κ2) is 15.5. The molecular formula is C38H50N4O4. The van der Waals surface area contributed by atoms with Gasteiger partial charge in [0.25, 0.3) is 0 Å². The van der Waals surface area contributed by atoms with E-state index in [1.807, 2.05) is 31.2 Å². The van der Waals surface area contributed by atoms with Crippen LogP contribution >= 0.6 is 0 Å². The van der Waals surface area contributed by atoms with Gasteiger partial charge in [0.05, 0.1) is 18.8 Å². The number of hydrogen-bond acceptors (Lipinski definition) is 6. The minimum atomic E-state index is -0.508. The second-order valence-electron chi connectivity index (χ2n) is 13.2. The van der Waals surface area contributed by atoms with E-state index in [9.17, 15) is 9.90 Å². The lowest BCUT2D eigenvalue weighted by atomic mass is 9.89. The highest BCUT2D eigenvalue weighted by Gasteiger charge is 2.41. The Labute approximate surface area is 274 Å². The third kappa shape index (κ3) is 7.99. The molecule has 2 amide bonds. The van der Waals surface area contributed by atoms with Gasteiger partial charge >= 0.3 is 6.03 Å². The van der Waals surface area contributed by atoms with Crippen molar-refractivity contribution < 1.29 is 19.4 Å². The molecule has 0 spiro atoms. The highest BCUT2D eigenvalue weighted by atomic mass is 16.7. The number of likely N-dealkylation sites (tertiary alicyclic amines) is 2. The molecule has 8 heteroatoms. The lowest BCUT2D eigenvalue weighted by molar-refractivity contribution is -0.276. The monoisotopic (exact) mass is 626 g/mol. The molecule has 3 saturated heterocycles. The van der Waals surface area contributed by atoms with Crippen LogP contribution < -0.4 is 10.6 Å². The van der Waals surface area contributed by atoms with E-state index >= 15 is 0 Å². The zero-order valence-electron chi connectivity index (χ0n) is 27.4. The molecule has 0 aliphatic carbocycles. The van der Waals surface area contributed by atoms with Crippen LogP contribution in [0.25, 0.3) is 11.1 Å². The van der Waals surface area contributed by atoms with E-state index in [0.717, 1.165) is 53.0 Å². The number of nitrogens with zero attached hydrogens (tertiary/aromatic N) is 2. The Balaban J connectivity index is 1.23. The normalized spacial score (nSPS) is 25.5. The third-order valence-corrected chi connectivity index (χ3v) is 9.91. The van der Waals surface area contributed by atoms with Crippen LogP contribution in [0.15, 0.2) is 72.8 Å². The summed E-state index contributed by atoms with van der Waals surface area (Å²) in [5.74, 6) is 0.154. The highest BCUT2D eigenvalue weighted by molar-refractivity contribution is 5.74. The minimum absolute atomic E-state index is 0.00720. The maximum atomic E-state index is 11.9. The van der Waals surface area contributed by atoms with E-state index in [1.54, 1.807) is 0 Å². The predicted molar refractivity (Wildman–Crippen MR) is 181 cm³/mol. The maximum Gasteiger partial charge on any atom is 0.315 e. The van der Waals surface area contributed by atoms with E-state index in [-0.39, 0.29) is 30.8 Å². The summed E-state index contributed by atoms with van der Waals surface area (Å²) in [6.45, 7) is 10.9. The van der Waals surface area contributed by atoms with E-state index < -0.39 is 6.29 Å². The Morgan fingerprint density at radius 1 is 0.848 bits per heavy atom.